The van der Waals surface area contributed by atoms with Crippen LogP contribution in [0.1, 0.15) is 19.0 Å². The van der Waals surface area contributed by atoms with Gasteiger partial charge in [0.2, 0.25) is 11.9 Å². The van der Waals surface area contributed by atoms with Gasteiger partial charge in [-0.2, -0.15) is 13.2 Å². The fourth-order valence-corrected chi connectivity index (χ4v) is 4.76. The lowest BCUT2D eigenvalue weighted by Crippen LogP contribution is -2.48. The van der Waals surface area contributed by atoms with Crippen molar-refractivity contribution in [3.8, 4) is 0 Å². The number of sulfonamides is 1. The average molecular weight is 586 g/mol. The number of primary amides is 1. The number of nitrogens with one attached hydrogen (secondary N) is 1. The quantitative estimate of drug-likeness (QED) is 0.108. The summed E-state index contributed by atoms with van der Waals surface area (Å²) in [5.74, 6) is -4.48. The molecule has 1 atom stereocenters. The molecule has 0 bridgehead atoms. The predicted molar refractivity (Wildman–Crippen MR) is 134 cm³/mol. The van der Waals surface area contributed by atoms with E-state index >= 15 is 0 Å². The minimum Gasteiger partial charge on any atom is -0.393 e. The molecule has 0 radical (unpaired) electrons. The molecule has 3 rings (SSSR count). The van der Waals surface area contributed by atoms with Crippen LogP contribution < -0.4 is 32.3 Å². The van der Waals surface area contributed by atoms with Crippen molar-refractivity contribution in [2.24, 2.45) is 22.4 Å². The Morgan fingerprint density at radius 3 is 2.42 bits per heavy atom. The van der Waals surface area contributed by atoms with Crippen LogP contribution in [0.2, 0.25) is 0 Å². The van der Waals surface area contributed by atoms with Gasteiger partial charge >= 0.3 is 17.7 Å². The van der Waals surface area contributed by atoms with E-state index in [1.807, 2.05) is 4.72 Å². The lowest BCUT2D eigenvalue weighted by atomic mass is 9.82. The first-order valence-electron chi connectivity index (χ1n) is 11.0. The summed E-state index contributed by atoms with van der Waals surface area (Å²) in [4.78, 5) is 50.2. The van der Waals surface area contributed by atoms with Crippen LogP contribution in [0.5, 0.6) is 0 Å². The number of nitrogens with two attached hydrogens (primary N) is 3. The minimum atomic E-state index is -5.57. The highest BCUT2D eigenvalue weighted by Gasteiger charge is 2.44. The van der Waals surface area contributed by atoms with Crippen molar-refractivity contribution >= 4 is 44.4 Å². The highest BCUT2D eigenvalue weighted by molar-refractivity contribution is 7.93. The number of nitrogens with zero attached hydrogens (tertiary/aromatic N) is 3. The van der Waals surface area contributed by atoms with Crippen LogP contribution in [0.3, 0.4) is 0 Å². The predicted octanol–water partition coefficient (Wildman–Crippen LogP) is 0.0529. The molecule has 7 N–H and O–H groups in total. The summed E-state index contributed by atoms with van der Waals surface area (Å²) in [5, 5.41) is 3.42. The number of anilines is 1. The number of carbonyl (C=O) groups is 2. The summed E-state index contributed by atoms with van der Waals surface area (Å²) in [5.41, 5.74) is 11.0. The molecule has 0 aliphatic rings. The molecule has 2 aromatic heterocycles. The maximum absolute atomic E-state index is 13.3. The highest BCUT2D eigenvalue weighted by Crippen LogP contribution is 2.29. The summed E-state index contributed by atoms with van der Waals surface area (Å²) in [6.07, 6.45) is -4.56. The smallest absolute Gasteiger partial charge is 0.393 e. The van der Waals surface area contributed by atoms with E-state index in [0.29, 0.717) is 5.52 Å². The topological polar surface area (TPSA) is 224 Å². The van der Waals surface area contributed by atoms with Crippen LogP contribution in [-0.4, -0.2) is 48.8 Å². The Balaban J connectivity index is 2.14. The molecule has 40 heavy (non-hydrogen) atoms. The Kier molecular flexibility index (Phi) is 8.23. The number of rotatable bonds is 10. The van der Waals surface area contributed by atoms with Crippen molar-refractivity contribution in [2.75, 3.05) is 11.3 Å². The number of fused-ring (bicyclic) bond motifs is 1. The maximum Gasteiger partial charge on any atom is 0.493 e. The summed E-state index contributed by atoms with van der Waals surface area (Å²) < 4.78 is 67.4. The monoisotopic (exact) mass is 585 g/mol. The van der Waals surface area contributed by atoms with Crippen molar-refractivity contribution in [1.29, 1.82) is 0 Å². The molecule has 214 valence electrons. The van der Waals surface area contributed by atoms with Crippen molar-refractivity contribution in [3.05, 3.63) is 64.7 Å². The molecule has 1 aromatic carbocycles. The number of oxime groups is 1. The van der Waals surface area contributed by atoms with Gasteiger partial charge in [-0.05, 0) is 48.5 Å². The Morgan fingerprint density at radius 1 is 1.10 bits per heavy atom. The second-order valence-corrected chi connectivity index (χ2v) is 9.99. The van der Waals surface area contributed by atoms with Crippen LogP contribution in [0.4, 0.5) is 18.9 Å². The molecular formula is C22H22F3N7O7S. The summed E-state index contributed by atoms with van der Waals surface area (Å²) in [6, 6.07) is 8.82. The van der Waals surface area contributed by atoms with Gasteiger partial charge in [0.05, 0.1) is 21.5 Å². The number of alkyl halides is 3. The Bertz CT molecular complexity index is 1650. The van der Waals surface area contributed by atoms with Gasteiger partial charge in [-0.1, -0.05) is 6.07 Å². The second kappa shape index (κ2) is 11.1. The first-order chi connectivity index (χ1) is 18.6. The van der Waals surface area contributed by atoms with Gasteiger partial charge in [-0.15, -0.1) is 4.73 Å². The number of aromatic nitrogens is 2. The molecule has 0 saturated heterocycles. The van der Waals surface area contributed by atoms with E-state index in [9.17, 15) is 36.0 Å². The van der Waals surface area contributed by atoms with E-state index in [1.54, 1.807) is 0 Å². The standard InChI is InChI=1S/C22H22F3N7O7S/c1-21(18(26)34,9-11-38-30-20(27)28)16-8-7-14(17(33)32(16)39-19(35)22(23,24)25)31-40(36,37)15-6-2-5-13-12(15)4-3-10-29-13/h2-8,10,31H,9,11H2,1H3,(H2,26,34)(H4,27,28,30). The van der Waals surface area contributed by atoms with Gasteiger partial charge in [-0.25, -0.2) is 13.2 Å². The van der Waals surface area contributed by atoms with Crippen molar-refractivity contribution in [1.82, 2.24) is 9.71 Å². The number of hydrogen-bond acceptors (Lipinski definition) is 9. The molecule has 3 aromatic rings. The first kappa shape index (κ1) is 29.7. The summed E-state index contributed by atoms with van der Waals surface area (Å²) >= 11 is 0. The van der Waals surface area contributed by atoms with Gasteiger partial charge in [0.25, 0.3) is 10.0 Å². The number of pyridine rings is 2. The molecule has 14 nitrogen and oxygen atoms in total. The zero-order valence-corrected chi connectivity index (χ0v) is 21.3. The molecule has 0 aliphatic heterocycles. The van der Waals surface area contributed by atoms with Crippen LogP contribution in [0.15, 0.2) is 63.5 Å². The lowest BCUT2D eigenvalue weighted by Gasteiger charge is -2.28. The molecule has 1 unspecified atom stereocenters. The van der Waals surface area contributed by atoms with Crippen molar-refractivity contribution in [2.45, 2.75) is 29.8 Å². The Hall–Kier alpha value is -4.87. The normalized spacial score (nSPS) is 13.2. The molecule has 0 saturated carbocycles. The van der Waals surface area contributed by atoms with Crippen LogP contribution in [0, 0.1) is 0 Å². The van der Waals surface area contributed by atoms with Crippen molar-refractivity contribution < 1.29 is 40.9 Å². The second-order valence-electron chi connectivity index (χ2n) is 8.34. The Morgan fingerprint density at radius 2 is 1.80 bits per heavy atom. The van der Waals surface area contributed by atoms with E-state index in [2.05, 4.69) is 15.0 Å². The SMILES string of the molecule is CC(CCON=C(N)N)(C(N)=O)c1ccc(NS(=O)(=O)c2cccc3ncccc23)c(=O)n1OC(=O)C(F)(F)F. The van der Waals surface area contributed by atoms with E-state index in [4.69, 9.17) is 22.0 Å². The molecule has 1 amide bonds. The summed E-state index contributed by atoms with van der Waals surface area (Å²) in [6.45, 7) is 0.691. The summed E-state index contributed by atoms with van der Waals surface area (Å²) in [7, 11) is -4.54. The van der Waals surface area contributed by atoms with Gasteiger partial charge in [0.15, 0.2) is 0 Å². The fourth-order valence-electron chi connectivity index (χ4n) is 3.49. The zero-order chi connectivity index (χ0) is 29.9. The zero-order valence-electron chi connectivity index (χ0n) is 20.5. The number of benzene rings is 1. The number of hydrogen-bond donors (Lipinski definition) is 4. The lowest BCUT2D eigenvalue weighted by molar-refractivity contribution is -0.200. The number of halogens is 3. The fraction of sp³-hybridized carbons (Fsp3) is 0.227. The first-order valence-corrected chi connectivity index (χ1v) is 12.5. The molecule has 18 heteroatoms. The maximum atomic E-state index is 13.3. The number of amides is 1. The third-order valence-electron chi connectivity index (χ3n) is 5.56. The number of carbonyl (C=O) groups excluding carboxylic acids is 2. The van der Waals surface area contributed by atoms with Crippen molar-refractivity contribution in [3.63, 3.8) is 0 Å². The highest BCUT2D eigenvalue weighted by atomic mass is 32.2. The third kappa shape index (κ3) is 6.22. The molecular weight excluding hydrogens is 563 g/mol. The van der Waals surface area contributed by atoms with Crippen LogP contribution in [-0.2, 0) is 29.9 Å². The molecule has 0 spiro atoms. The van der Waals surface area contributed by atoms with Gasteiger partial charge in [-0.3, -0.25) is 19.3 Å². The molecule has 0 aliphatic carbocycles. The number of guanidine groups is 1. The Labute approximate surface area is 223 Å². The van der Waals surface area contributed by atoms with E-state index in [1.165, 1.54) is 36.5 Å². The molecule has 2 heterocycles. The van der Waals surface area contributed by atoms with Gasteiger partial charge in [0.1, 0.15) is 12.3 Å². The minimum absolute atomic E-state index is 0.163. The van der Waals surface area contributed by atoms with Crippen LogP contribution >= 0.6 is 0 Å². The third-order valence-corrected chi connectivity index (χ3v) is 6.98. The van der Waals surface area contributed by atoms with E-state index in [0.717, 1.165) is 19.1 Å². The van der Waals surface area contributed by atoms with E-state index in [-0.39, 0.29) is 15.0 Å². The average Bonchev–Trinajstić information content (AvgIpc) is 2.87. The van der Waals surface area contributed by atoms with Gasteiger partial charge < -0.3 is 26.9 Å². The van der Waals surface area contributed by atoms with E-state index < -0.39 is 69.4 Å². The molecule has 0 fully saturated rings. The van der Waals surface area contributed by atoms with Crippen LogP contribution in [0.25, 0.3) is 10.9 Å². The van der Waals surface area contributed by atoms with Gasteiger partial charge in [0, 0.05) is 18.0 Å². The largest absolute Gasteiger partial charge is 0.493 e.